The Balaban J connectivity index is 2.79. The highest BCUT2D eigenvalue weighted by molar-refractivity contribution is 6.68. The molecule has 4 heteroatoms. The average molecular weight is 287 g/mol. The molecule has 0 aromatic heterocycles. The van der Waals surface area contributed by atoms with E-state index < -0.39 is 11.6 Å². The van der Waals surface area contributed by atoms with Crippen LogP contribution < -0.4 is 0 Å². The predicted molar refractivity (Wildman–Crippen MR) is 72.6 cm³/mol. The molecule has 1 fully saturated rings. The molecule has 0 aromatic rings. The van der Waals surface area contributed by atoms with Crippen LogP contribution in [-0.2, 0) is 9.59 Å². The first-order valence-electron chi connectivity index (χ1n) is 5.99. The van der Waals surface area contributed by atoms with Crippen molar-refractivity contribution in [1.82, 2.24) is 0 Å². The maximum atomic E-state index is 11.8. The fourth-order valence-electron chi connectivity index (χ4n) is 2.79. The molecule has 0 radical (unpaired) electrons. The lowest BCUT2D eigenvalue weighted by Crippen LogP contribution is -2.38. The molecule has 0 saturated heterocycles. The van der Waals surface area contributed by atoms with Gasteiger partial charge in [0.25, 0.3) is 0 Å². The van der Waals surface area contributed by atoms with Gasteiger partial charge in [0.15, 0.2) is 0 Å². The van der Waals surface area contributed by atoms with Gasteiger partial charge in [-0.2, -0.15) is 0 Å². The average Bonchev–Trinajstić information content (AvgIpc) is 2.26. The maximum Gasteiger partial charge on any atom is 0.246 e. The van der Waals surface area contributed by atoms with E-state index in [0.29, 0.717) is 0 Å². The normalized spacial score (nSPS) is 26.6. The van der Waals surface area contributed by atoms with Crippen molar-refractivity contribution in [3.8, 4) is 0 Å². The van der Waals surface area contributed by atoms with Gasteiger partial charge in [0.1, 0.15) is 0 Å². The van der Waals surface area contributed by atoms with E-state index in [1.165, 1.54) is 0 Å². The molecule has 0 unspecified atom stereocenters. The summed E-state index contributed by atoms with van der Waals surface area (Å²) in [4.78, 5) is 23.7. The lowest BCUT2D eigenvalue weighted by molar-refractivity contribution is -0.131. The van der Waals surface area contributed by atoms with Crippen LogP contribution in [0.25, 0.3) is 0 Å². The third-order valence-electron chi connectivity index (χ3n) is 4.02. The zero-order valence-corrected chi connectivity index (χ0v) is 12.5. The van der Waals surface area contributed by atoms with Gasteiger partial charge in [-0.15, -0.1) is 0 Å². The summed E-state index contributed by atoms with van der Waals surface area (Å²) in [5, 5.41) is 0.106. The van der Waals surface area contributed by atoms with Gasteiger partial charge < -0.3 is 0 Å². The number of allylic oxidation sites excluding steroid dienone is 4. The van der Waals surface area contributed by atoms with Gasteiger partial charge in [-0.1, -0.05) is 50.9 Å². The molecule has 2 rings (SSSR count). The number of hydrogen-bond donors (Lipinski definition) is 0. The van der Waals surface area contributed by atoms with E-state index in [-0.39, 0.29) is 20.9 Å². The second-order valence-electron chi connectivity index (χ2n) is 6.30. The Morgan fingerprint density at radius 3 is 1.33 bits per heavy atom. The predicted octanol–water partition coefficient (Wildman–Crippen LogP) is 3.97. The third-order valence-corrected chi connectivity index (χ3v) is 4.74. The number of carbonyl (C=O) groups excluding carboxylic acids is 2. The number of rotatable bonds is 0. The number of hydrogen-bond acceptors (Lipinski definition) is 2. The molecular weight excluding hydrogens is 271 g/mol. The number of Topliss-reactive ketones (excluding diaryl/α,β-unsaturated/α-hetero) is 2. The Hall–Kier alpha value is -0.600. The first kappa shape index (κ1) is 13.8. The Morgan fingerprint density at radius 1 is 0.778 bits per heavy atom. The third kappa shape index (κ3) is 1.78. The van der Waals surface area contributed by atoms with E-state index >= 15 is 0 Å². The molecule has 2 nitrogen and oxygen atoms in total. The Labute approximate surface area is 117 Å². The number of carbonyl (C=O) groups is 2. The van der Waals surface area contributed by atoms with Crippen LogP contribution in [0.4, 0.5) is 0 Å². The second kappa shape index (κ2) is 3.94. The van der Waals surface area contributed by atoms with Crippen LogP contribution in [-0.4, -0.2) is 11.6 Å². The lowest BCUT2D eigenvalue weighted by atomic mass is 9.59. The molecule has 0 N–H and O–H groups in total. The second-order valence-corrected chi connectivity index (χ2v) is 7.06. The van der Waals surface area contributed by atoms with Crippen LogP contribution in [0.1, 0.15) is 40.5 Å². The Bertz CT molecular complexity index is 474. The van der Waals surface area contributed by atoms with Gasteiger partial charge in [-0.25, -0.2) is 0 Å². The van der Waals surface area contributed by atoms with Gasteiger partial charge in [0, 0.05) is 0 Å². The molecule has 1 saturated carbocycles. The molecular formula is C14H16Cl2O2. The highest BCUT2D eigenvalue weighted by Gasteiger charge is 2.48. The maximum absolute atomic E-state index is 11.8. The van der Waals surface area contributed by atoms with E-state index in [2.05, 4.69) is 0 Å². The zero-order chi connectivity index (χ0) is 13.9. The Kier molecular flexibility index (Phi) is 3.03. The fraction of sp³-hybridized carbons (Fsp3) is 0.571. The van der Waals surface area contributed by atoms with E-state index in [9.17, 15) is 9.59 Å². The van der Waals surface area contributed by atoms with Gasteiger partial charge >= 0.3 is 0 Å². The quantitative estimate of drug-likeness (QED) is 0.499. The molecule has 2 aliphatic rings. The zero-order valence-electron chi connectivity index (χ0n) is 11.0. The molecule has 0 aliphatic heterocycles. The SMILES string of the molecule is CC1(C)CCC(C)(C)C2=C(Cl)C(=O)C(=O)C(Cl)=C21. The van der Waals surface area contributed by atoms with E-state index in [4.69, 9.17) is 23.2 Å². The molecule has 0 heterocycles. The highest BCUT2D eigenvalue weighted by Crippen LogP contribution is 2.56. The van der Waals surface area contributed by atoms with Gasteiger partial charge in [0.2, 0.25) is 11.6 Å². The minimum absolute atomic E-state index is 0.0529. The molecule has 0 bridgehead atoms. The number of ketones is 2. The number of halogens is 2. The van der Waals surface area contributed by atoms with Crippen LogP contribution in [0.5, 0.6) is 0 Å². The smallest absolute Gasteiger partial charge is 0.246 e. The van der Waals surface area contributed by atoms with Crippen LogP contribution in [0.2, 0.25) is 0 Å². The fourth-order valence-corrected chi connectivity index (χ4v) is 3.66. The van der Waals surface area contributed by atoms with Crippen LogP contribution >= 0.6 is 23.2 Å². The van der Waals surface area contributed by atoms with Crippen molar-refractivity contribution in [3.05, 3.63) is 21.2 Å². The van der Waals surface area contributed by atoms with Gasteiger partial charge in [-0.3, -0.25) is 9.59 Å². The summed E-state index contributed by atoms with van der Waals surface area (Å²) < 4.78 is 0. The van der Waals surface area contributed by atoms with Crippen LogP contribution in [0.3, 0.4) is 0 Å². The summed E-state index contributed by atoms with van der Waals surface area (Å²) in [6, 6.07) is 0. The summed E-state index contributed by atoms with van der Waals surface area (Å²) in [6.07, 6.45) is 1.83. The summed E-state index contributed by atoms with van der Waals surface area (Å²) in [6.45, 7) is 8.14. The molecule has 0 atom stereocenters. The molecule has 2 aliphatic carbocycles. The van der Waals surface area contributed by atoms with Crippen molar-refractivity contribution < 1.29 is 9.59 Å². The van der Waals surface area contributed by atoms with Crippen molar-refractivity contribution in [2.45, 2.75) is 40.5 Å². The van der Waals surface area contributed by atoms with Crippen molar-refractivity contribution in [2.75, 3.05) is 0 Å². The molecule has 0 aromatic carbocycles. The number of fused-ring (bicyclic) bond motifs is 1. The van der Waals surface area contributed by atoms with E-state index in [1.54, 1.807) is 0 Å². The Morgan fingerprint density at radius 2 is 1.06 bits per heavy atom. The standard InChI is InChI=1S/C14H16Cl2O2/c1-13(2)5-6-14(3,4)8-7(13)9(15)11(17)12(18)10(8)16/h5-6H2,1-4H3. The summed E-state index contributed by atoms with van der Waals surface area (Å²) in [5.74, 6) is -1.35. The van der Waals surface area contributed by atoms with Crippen molar-refractivity contribution in [3.63, 3.8) is 0 Å². The van der Waals surface area contributed by atoms with Crippen molar-refractivity contribution in [1.29, 1.82) is 0 Å². The lowest BCUT2D eigenvalue weighted by Gasteiger charge is -2.46. The summed E-state index contributed by atoms with van der Waals surface area (Å²) in [5.41, 5.74) is 1.07. The first-order chi connectivity index (χ1) is 8.09. The molecule has 18 heavy (non-hydrogen) atoms. The van der Waals surface area contributed by atoms with Gasteiger partial charge in [-0.05, 0) is 34.8 Å². The van der Waals surface area contributed by atoms with Crippen LogP contribution in [0.15, 0.2) is 21.2 Å². The highest BCUT2D eigenvalue weighted by atomic mass is 35.5. The molecule has 0 spiro atoms. The van der Waals surface area contributed by atoms with Crippen molar-refractivity contribution in [2.24, 2.45) is 10.8 Å². The monoisotopic (exact) mass is 286 g/mol. The topological polar surface area (TPSA) is 34.1 Å². The van der Waals surface area contributed by atoms with Crippen molar-refractivity contribution >= 4 is 34.8 Å². The van der Waals surface area contributed by atoms with E-state index in [1.807, 2.05) is 27.7 Å². The summed E-state index contributed by atoms with van der Waals surface area (Å²) >= 11 is 12.3. The van der Waals surface area contributed by atoms with Crippen LogP contribution in [0, 0.1) is 10.8 Å². The first-order valence-corrected chi connectivity index (χ1v) is 6.75. The minimum atomic E-state index is -0.675. The van der Waals surface area contributed by atoms with Gasteiger partial charge in [0.05, 0.1) is 10.1 Å². The van der Waals surface area contributed by atoms with E-state index in [0.717, 1.165) is 24.0 Å². The molecule has 98 valence electrons. The summed E-state index contributed by atoms with van der Waals surface area (Å²) in [7, 11) is 0. The molecule has 0 amide bonds. The largest absolute Gasteiger partial charge is 0.284 e. The minimum Gasteiger partial charge on any atom is -0.284 e.